The van der Waals surface area contributed by atoms with Gasteiger partial charge in [-0.2, -0.15) is 0 Å². The normalized spacial score (nSPS) is 54.1. The summed E-state index contributed by atoms with van der Waals surface area (Å²) in [6.45, 7) is 7.07. The minimum atomic E-state index is -1.68. The zero-order valence-corrected chi connectivity index (χ0v) is 17.1. The molecule has 0 aromatic carbocycles. The SMILES string of the molecule is C[C@@H]1C(=O)OC(CC23C4OC5OC(=O)[C@H](O)C52[C@H](C(C)(C)C)[C@@H](O)C3OC4=O)[C@@H]1O. The molecule has 6 unspecified atom stereocenters. The summed E-state index contributed by atoms with van der Waals surface area (Å²) in [4.78, 5) is 37.2. The number of rotatable bonds is 2. The van der Waals surface area contributed by atoms with Crippen molar-refractivity contribution in [2.45, 2.75) is 77.0 Å². The number of ether oxygens (including phenoxy) is 4. The van der Waals surface area contributed by atoms with Gasteiger partial charge in [-0.05, 0) is 12.3 Å². The fourth-order valence-electron chi connectivity index (χ4n) is 6.98. The van der Waals surface area contributed by atoms with Gasteiger partial charge < -0.3 is 34.3 Å². The first-order valence-corrected chi connectivity index (χ1v) is 10.2. The molecule has 5 aliphatic rings. The summed E-state index contributed by atoms with van der Waals surface area (Å²) in [5.74, 6) is -3.75. The summed E-state index contributed by atoms with van der Waals surface area (Å²) < 4.78 is 22.1. The van der Waals surface area contributed by atoms with Gasteiger partial charge in [-0.15, -0.1) is 0 Å². The lowest BCUT2D eigenvalue weighted by molar-refractivity contribution is -0.180. The highest BCUT2D eigenvalue weighted by molar-refractivity contribution is 5.85. The van der Waals surface area contributed by atoms with Crippen molar-refractivity contribution < 1.29 is 48.7 Å². The van der Waals surface area contributed by atoms with Gasteiger partial charge in [0, 0.05) is 12.3 Å². The third kappa shape index (κ3) is 1.97. The van der Waals surface area contributed by atoms with E-state index in [0.29, 0.717) is 0 Å². The van der Waals surface area contributed by atoms with Gasteiger partial charge >= 0.3 is 17.9 Å². The average Bonchev–Trinajstić information content (AvgIpc) is 3.30. The summed E-state index contributed by atoms with van der Waals surface area (Å²) >= 11 is 0. The van der Waals surface area contributed by atoms with E-state index in [1.165, 1.54) is 6.92 Å². The van der Waals surface area contributed by atoms with E-state index >= 15 is 0 Å². The van der Waals surface area contributed by atoms with Gasteiger partial charge in [-0.3, -0.25) is 4.79 Å². The van der Waals surface area contributed by atoms with E-state index < -0.39 is 88.9 Å². The summed E-state index contributed by atoms with van der Waals surface area (Å²) in [5.41, 5.74) is -3.58. The van der Waals surface area contributed by atoms with Crippen LogP contribution in [0.2, 0.25) is 0 Å². The second kappa shape index (κ2) is 5.73. The highest BCUT2D eigenvalue weighted by atomic mass is 16.7. The number of carbonyl (C=O) groups excluding carboxylic acids is 3. The molecule has 166 valence electrons. The topological polar surface area (TPSA) is 149 Å². The maximum Gasteiger partial charge on any atom is 0.338 e. The Balaban J connectivity index is 1.72. The van der Waals surface area contributed by atoms with Crippen LogP contribution in [0.5, 0.6) is 0 Å². The van der Waals surface area contributed by atoms with E-state index in [2.05, 4.69) is 0 Å². The minimum Gasteiger partial charge on any atom is -0.459 e. The van der Waals surface area contributed by atoms with Crippen LogP contribution in [0.15, 0.2) is 0 Å². The molecule has 1 spiro atoms. The Morgan fingerprint density at radius 2 is 1.60 bits per heavy atom. The molecule has 0 radical (unpaired) electrons. The van der Waals surface area contributed by atoms with E-state index in [1.54, 1.807) is 0 Å². The third-order valence-corrected chi connectivity index (χ3v) is 7.96. The maximum absolute atomic E-state index is 12.7. The molecule has 1 aliphatic carbocycles. The molecular weight excluding hydrogens is 400 g/mol. The van der Waals surface area contributed by atoms with Gasteiger partial charge in [0.1, 0.15) is 18.3 Å². The van der Waals surface area contributed by atoms with E-state index in [4.69, 9.17) is 18.9 Å². The average molecular weight is 426 g/mol. The monoisotopic (exact) mass is 426 g/mol. The van der Waals surface area contributed by atoms with Crippen molar-refractivity contribution in [1.29, 1.82) is 0 Å². The highest BCUT2D eigenvalue weighted by Gasteiger charge is 2.90. The van der Waals surface area contributed by atoms with E-state index in [9.17, 15) is 29.7 Å². The first kappa shape index (κ1) is 20.2. The third-order valence-electron chi connectivity index (χ3n) is 7.96. The largest absolute Gasteiger partial charge is 0.459 e. The fourth-order valence-corrected chi connectivity index (χ4v) is 6.98. The lowest BCUT2D eigenvalue weighted by atomic mass is 9.53. The predicted octanol–water partition coefficient (Wildman–Crippen LogP) is -1.12. The highest BCUT2D eigenvalue weighted by Crippen LogP contribution is 2.76. The quantitative estimate of drug-likeness (QED) is 0.366. The van der Waals surface area contributed by atoms with Crippen LogP contribution in [0.3, 0.4) is 0 Å². The van der Waals surface area contributed by atoms with Crippen LogP contribution in [0.4, 0.5) is 0 Å². The van der Waals surface area contributed by atoms with Gasteiger partial charge in [0.2, 0.25) is 6.29 Å². The number of carbonyl (C=O) groups is 3. The van der Waals surface area contributed by atoms with Crippen LogP contribution in [0, 0.1) is 28.1 Å². The second-order valence-corrected chi connectivity index (χ2v) is 10.3. The molecule has 30 heavy (non-hydrogen) atoms. The Morgan fingerprint density at radius 1 is 0.933 bits per heavy atom. The van der Waals surface area contributed by atoms with Crippen molar-refractivity contribution in [2.24, 2.45) is 28.1 Å². The lowest BCUT2D eigenvalue weighted by Crippen LogP contribution is -2.57. The summed E-state index contributed by atoms with van der Waals surface area (Å²) in [6, 6.07) is 0. The first-order chi connectivity index (χ1) is 13.9. The molecule has 4 saturated heterocycles. The molecular formula is C20H26O10. The number of aliphatic hydroxyl groups excluding tert-OH is 3. The molecule has 11 atom stereocenters. The zero-order chi connectivity index (χ0) is 22.0. The van der Waals surface area contributed by atoms with Crippen molar-refractivity contribution in [3.05, 3.63) is 0 Å². The van der Waals surface area contributed by atoms with Crippen LogP contribution >= 0.6 is 0 Å². The Labute approximate surface area is 172 Å². The lowest BCUT2D eigenvalue weighted by Gasteiger charge is -2.46. The molecule has 0 amide bonds. The molecule has 10 nitrogen and oxygen atoms in total. The molecule has 4 aliphatic heterocycles. The van der Waals surface area contributed by atoms with E-state index in [0.717, 1.165) is 0 Å². The molecule has 0 bridgehead atoms. The Bertz CT molecular complexity index is 834. The standard InChI is InChI=1S/C20H26O10/c1-6-8(21)7(27-14(6)24)5-19-12-9(22)10(18(2,3)4)20(19)11(23)15(25)30-17(20)29-13(19)16(26)28-12/h6-13,17,21-23H,5H2,1-4H3/t6-,7?,8+,9+,10-,11-,12?,13?,17?,19?,20?/m0/s1. The van der Waals surface area contributed by atoms with Crippen molar-refractivity contribution in [1.82, 2.24) is 0 Å². The molecule has 3 N–H and O–H groups in total. The Morgan fingerprint density at radius 3 is 2.17 bits per heavy atom. The number of cyclic esters (lactones) is 1. The second-order valence-electron chi connectivity index (χ2n) is 10.3. The van der Waals surface area contributed by atoms with E-state index in [-0.39, 0.29) is 6.42 Å². The number of aliphatic hydroxyl groups is 3. The van der Waals surface area contributed by atoms with Gasteiger partial charge in [0.25, 0.3) is 0 Å². The summed E-state index contributed by atoms with van der Waals surface area (Å²) in [6.07, 6.45) is -8.82. The molecule has 0 aromatic heterocycles. The molecule has 1 saturated carbocycles. The van der Waals surface area contributed by atoms with Crippen LogP contribution in [0.25, 0.3) is 0 Å². The van der Waals surface area contributed by atoms with Crippen molar-refractivity contribution in [2.75, 3.05) is 0 Å². The smallest absolute Gasteiger partial charge is 0.338 e. The zero-order valence-electron chi connectivity index (χ0n) is 17.1. The van der Waals surface area contributed by atoms with Crippen LogP contribution < -0.4 is 0 Å². The molecule has 0 aromatic rings. The molecule has 4 heterocycles. The molecule has 10 heteroatoms. The number of esters is 3. The Hall–Kier alpha value is -1.75. The number of hydrogen-bond donors (Lipinski definition) is 3. The Kier molecular flexibility index (Phi) is 3.85. The summed E-state index contributed by atoms with van der Waals surface area (Å²) in [5, 5.41) is 33.0. The summed E-state index contributed by atoms with van der Waals surface area (Å²) in [7, 11) is 0. The molecule has 5 fully saturated rings. The van der Waals surface area contributed by atoms with Crippen molar-refractivity contribution >= 4 is 17.9 Å². The predicted molar refractivity (Wildman–Crippen MR) is 94.1 cm³/mol. The van der Waals surface area contributed by atoms with Crippen molar-refractivity contribution in [3.63, 3.8) is 0 Å². The van der Waals surface area contributed by atoms with Crippen LogP contribution in [-0.4, -0.2) is 76.1 Å². The van der Waals surface area contributed by atoms with Gasteiger partial charge in [-0.25, -0.2) is 9.59 Å². The van der Waals surface area contributed by atoms with E-state index in [1.807, 2.05) is 20.8 Å². The van der Waals surface area contributed by atoms with Gasteiger partial charge in [0.15, 0.2) is 12.2 Å². The van der Waals surface area contributed by atoms with Crippen LogP contribution in [0.1, 0.15) is 34.1 Å². The molecule has 5 rings (SSSR count). The first-order valence-electron chi connectivity index (χ1n) is 10.2. The minimum absolute atomic E-state index is 0.126. The van der Waals surface area contributed by atoms with Crippen LogP contribution in [-0.2, 0) is 33.3 Å². The van der Waals surface area contributed by atoms with Crippen molar-refractivity contribution in [3.8, 4) is 0 Å². The van der Waals surface area contributed by atoms with Gasteiger partial charge in [-0.1, -0.05) is 20.8 Å². The fraction of sp³-hybridized carbons (Fsp3) is 0.850. The maximum atomic E-state index is 12.7. The van der Waals surface area contributed by atoms with Gasteiger partial charge in [0.05, 0.1) is 22.9 Å². The number of hydrogen-bond acceptors (Lipinski definition) is 10.